The highest BCUT2D eigenvalue weighted by Gasteiger charge is 2.17. The highest BCUT2D eigenvalue weighted by Crippen LogP contribution is 2.22. The number of hydrogen-bond acceptors (Lipinski definition) is 6. The lowest BCUT2D eigenvalue weighted by atomic mass is 10.2. The van der Waals surface area contributed by atoms with Gasteiger partial charge in [0.05, 0.1) is 17.0 Å². The average molecular weight is 465 g/mol. The van der Waals surface area contributed by atoms with E-state index in [-0.39, 0.29) is 28.3 Å². The fourth-order valence-electron chi connectivity index (χ4n) is 2.47. The minimum atomic E-state index is -3.80. The van der Waals surface area contributed by atoms with Crippen molar-refractivity contribution >= 4 is 61.3 Å². The van der Waals surface area contributed by atoms with Gasteiger partial charge in [0.2, 0.25) is 11.8 Å². The number of nitrogens with one attached hydrogen (secondary N) is 3. The van der Waals surface area contributed by atoms with Crippen LogP contribution in [0.15, 0.2) is 58.8 Å². The molecule has 0 aliphatic carbocycles. The third-order valence-electron chi connectivity index (χ3n) is 3.71. The summed E-state index contributed by atoms with van der Waals surface area (Å²) in [5.41, 5.74) is 1.50. The second kappa shape index (κ2) is 9.24. The second-order valence-electron chi connectivity index (χ2n) is 6.19. The summed E-state index contributed by atoms with van der Waals surface area (Å²) in [5.74, 6) is -0.540. The molecule has 156 valence electrons. The molecule has 2 amide bonds. The molecule has 0 saturated heterocycles. The number of rotatable bonds is 7. The molecular formula is C19H17ClN4O4S2. The number of nitrogens with zero attached hydrogens (tertiary/aromatic N) is 1. The van der Waals surface area contributed by atoms with Gasteiger partial charge in [0.25, 0.3) is 10.0 Å². The van der Waals surface area contributed by atoms with E-state index in [0.29, 0.717) is 22.1 Å². The highest BCUT2D eigenvalue weighted by atomic mass is 35.5. The van der Waals surface area contributed by atoms with E-state index in [0.717, 1.165) is 11.3 Å². The van der Waals surface area contributed by atoms with Crippen LogP contribution in [0.25, 0.3) is 0 Å². The topological polar surface area (TPSA) is 117 Å². The quantitative estimate of drug-likeness (QED) is 0.492. The van der Waals surface area contributed by atoms with Crippen LogP contribution in [0.4, 0.5) is 16.5 Å². The molecule has 0 radical (unpaired) electrons. The number of hydrogen-bond donors (Lipinski definition) is 3. The molecule has 8 nitrogen and oxygen atoms in total. The highest BCUT2D eigenvalue weighted by molar-refractivity contribution is 7.93. The van der Waals surface area contributed by atoms with Gasteiger partial charge in [-0.25, -0.2) is 13.4 Å². The maximum Gasteiger partial charge on any atom is 0.263 e. The summed E-state index contributed by atoms with van der Waals surface area (Å²) in [5, 5.41) is 7.54. The van der Waals surface area contributed by atoms with Gasteiger partial charge in [0.1, 0.15) is 0 Å². The number of anilines is 3. The Balaban J connectivity index is 1.62. The minimum Gasteiger partial charge on any atom is -0.326 e. The van der Waals surface area contributed by atoms with Gasteiger partial charge >= 0.3 is 0 Å². The van der Waals surface area contributed by atoms with Crippen LogP contribution in [-0.4, -0.2) is 25.2 Å². The summed E-state index contributed by atoms with van der Waals surface area (Å²) in [6.07, 6.45) is -0.0382. The molecule has 0 atom stereocenters. The van der Waals surface area contributed by atoms with Crippen molar-refractivity contribution in [2.24, 2.45) is 0 Å². The monoisotopic (exact) mass is 464 g/mol. The molecule has 11 heteroatoms. The van der Waals surface area contributed by atoms with Crippen LogP contribution in [0.3, 0.4) is 0 Å². The fourth-order valence-corrected chi connectivity index (χ4v) is 4.56. The van der Waals surface area contributed by atoms with Gasteiger partial charge in [-0.2, -0.15) is 0 Å². The lowest BCUT2D eigenvalue weighted by Gasteiger charge is -2.07. The Bertz CT molecular complexity index is 1180. The summed E-state index contributed by atoms with van der Waals surface area (Å²) in [7, 11) is -3.80. The van der Waals surface area contributed by atoms with Gasteiger partial charge < -0.3 is 10.6 Å². The Morgan fingerprint density at radius 3 is 2.40 bits per heavy atom. The summed E-state index contributed by atoms with van der Waals surface area (Å²) >= 11 is 6.86. The first kappa shape index (κ1) is 21.8. The van der Waals surface area contributed by atoms with E-state index in [1.165, 1.54) is 31.2 Å². The van der Waals surface area contributed by atoms with Crippen LogP contribution in [0.2, 0.25) is 5.02 Å². The van der Waals surface area contributed by atoms with Gasteiger partial charge in [0, 0.05) is 28.7 Å². The van der Waals surface area contributed by atoms with Crippen LogP contribution in [0.5, 0.6) is 0 Å². The number of halogens is 1. The van der Waals surface area contributed by atoms with Crippen molar-refractivity contribution in [3.05, 3.63) is 64.6 Å². The smallest absolute Gasteiger partial charge is 0.263 e. The zero-order chi connectivity index (χ0) is 21.7. The molecule has 0 spiro atoms. The Kier molecular flexibility index (Phi) is 6.70. The van der Waals surface area contributed by atoms with Crippen LogP contribution in [0, 0.1) is 0 Å². The third kappa shape index (κ3) is 6.02. The first-order valence-corrected chi connectivity index (χ1v) is 11.4. The lowest BCUT2D eigenvalue weighted by molar-refractivity contribution is -0.116. The molecule has 0 unspecified atom stereocenters. The zero-order valence-corrected chi connectivity index (χ0v) is 18.1. The van der Waals surface area contributed by atoms with Crippen molar-refractivity contribution in [2.45, 2.75) is 18.2 Å². The van der Waals surface area contributed by atoms with Crippen molar-refractivity contribution in [1.82, 2.24) is 4.98 Å². The van der Waals surface area contributed by atoms with Crippen molar-refractivity contribution in [3.8, 4) is 0 Å². The van der Waals surface area contributed by atoms with Crippen LogP contribution in [-0.2, 0) is 26.0 Å². The number of carbonyl (C=O) groups excluding carboxylic acids is 2. The first-order chi connectivity index (χ1) is 14.2. The van der Waals surface area contributed by atoms with Gasteiger partial charge in [-0.1, -0.05) is 17.7 Å². The number of thiazole rings is 1. The van der Waals surface area contributed by atoms with E-state index in [9.17, 15) is 18.0 Å². The molecule has 0 bridgehead atoms. The third-order valence-corrected chi connectivity index (χ3v) is 6.25. The zero-order valence-electron chi connectivity index (χ0n) is 15.7. The molecule has 0 aliphatic heterocycles. The van der Waals surface area contributed by atoms with E-state index in [4.69, 9.17) is 11.6 Å². The number of sulfonamides is 1. The van der Waals surface area contributed by atoms with Crippen LogP contribution >= 0.6 is 22.9 Å². The van der Waals surface area contributed by atoms with Gasteiger partial charge in [-0.05, 0) is 42.5 Å². The van der Waals surface area contributed by atoms with Gasteiger partial charge in [0.15, 0.2) is 5.13 Å². The van der Waals surface area contributed by atoms with Crippen LogP contribution < -0.4 is 15.4 Å². The lowest BCUT2D eigenvalue weighted by Crippen LogP contribution is -2.15. The Morgan fingerprint density at radius 1 is 1.07 bits per heavy atom. The summed E-state index contributed by atoms with van der Waals surface area (Å²) in [4.78, 5) is 27.6. The van der Waals surface area contributed by atoms with Crippen molar-refractivity contribution < 1.29 is 18.0 Å². The Hall–Kier alpha value is -2.95. The fraction of sp³-hybridized carbons (Fsp3) is 0.105. The average Bonchev–Trinajstić information content (AvgIpc) is 3.07. The van der Waals surface area contributed by atoms with Crippen molar-refractivity contribution in [2.75, 3.05) is 15.4 Å². The Labute approximate surface area is 182 Å². The number of benzene rings is 2. The minimum absolute atomic E-state index is 0.0382. The maximum absolute atomic E-state index is 12.4. The summed E-state index contributed by atoms with van der Waals surface area (Å²) in [6.45, 7) is 1.40. The summed E-state index contributed by atoms with van der Waals surface area (Å²) in [6, 6.07) is 12.5. The van der Waals surface area contributed by atoms with Gasteiger partial charge in [-0.3, -0.25) is 14.3 Å². The van der Waals surface area contributed by atoms with E-state index < -0.39 is 10.0 Å². The molecular weight excluding hydrogens is 448 g/mol. The number of amides is 2. The summed E-state index contributed by atoms with van der Waals surface area (Å²) < 4.78 is 27.2. The molecule has 1 heterocycles. The second-order valence-corrected chi connectivity index (χ2v) is 9.17. The van der Waals surface area contributed by atoms with Crippen molar-refractivity contribution in [1.29, 1.82) is 0 Å². The molecule has 0 aliphatic rings. The number of carbonyl (C=O) groups is 2. The van der Waals surface area contributed by atoms with E-state index in [1.54, 1.807) is 29.6 Å². The molecule has 3 rings (SSSR count). The predicted octanol–water partition coefficient (Wildman–Crippen LogP) is 3.74. The molecule has 1 aromatic heterocycles. The molecule has 3 aromatic rings. The SMILES string of the molecule is CC(=O)Nc1cccc(NC(=O)Cc2csc(NS(=O)(=O)c3ccc(Cl)cc3)n2)c1. The molecule has 0 saturated carbocycles. The predicted molar refractivity (Wildman–Crippen MR) is 117 cm³/mol. The van der Waals surface area contributed by atoms with Crippen molar-refractivity contribution in [3.63, 3.8) is 0 Å². The normalized spacial score (nSPS) is 11.0. The molecule has 0 fully saturated rings. The number of aromatic nitrogens is 1. The van der Waals surface area contributed by atoms with E-state index >= 15 is 0 Å². The van der Waals surface area contributed by atoms with E-state index in [1.807, 2.05) is 0 Å². The standard InChI is InChI=1S/C19H17ClN4O4S2/c1-12(25)21-14-3-2-4-15(9-14)22-18(26)10-16-11-29-19(23-16)24-30(27,28)17-7-5-13(20)6-8-17/h2-9,11H,10H2,1H3,(H,21,25)(H,22,26)(H,23,24). The van der Waals surface area contributed by atoms with Crippen LogP contribution in [0.1, 0.15) is 12.6 Å². The maximum atomic E-state index is 12.4. The molecule has 2 aromatic carbocycles. The molecule has 30 heavy (non-hydrogen) atoms. The first-order valence-electron chi connectivity index (χ1n) is 8.61. The van der Waals surface area contributed by atoms with Gasteiger partial charge in [-0.15, -0.1) is 11.3 Å². The Morgan fingerprint density at radius 2 is 1.73 bits per heavy atom. The largest absolute Gasteiger partial charge is 0.326 e. The van der Waals surface area contributed by atoms with E-state index in [2.05, 4.69) is 20.3 Å². The molecule has 3 N–H and O–H groups in total.